The van der Waals surface area contributed by atoms with Crippen molar-refractivity contribution in [3.8, 4) is 11.4 Å². The third-order valence-corrected chi connectivity index (χ3v) is 2.77. The van der Waals surface area contributed by atoms with Crippen molar-refractivity contribution in [2.45, 2.75) is 13.8 Å². The van der Waals surface area contributed by atoms with Gasteiger partial charge in [-0.3, -0.25) is 0 Å². The second-order valence-electron chi connectivity index (χ2n) is 4.31. The van der Waals surface area contributed by atoms with Crippen LogP contribution in [0.25, 0.3) is 17.0 Å². The van der Waals surface area contributed by atoms with E-state index in [9.17, 15) is 0 Å². The van der Waals surface area contributed by atoms with E-state index >= 15 is 0 Å². The summed E-state index contributed by atoms with van der Waals surface area (Å²) < 4.78 is 1.81. The zero-order valence-corrected chi connectivity index (χ0v) is 9.88. The average molecular weight is 223 g/mol. The van der Waals surface area contributed by atoms with Crippen molar-refractivity contribution in [3.63, 3.8) is 0 Å². The van der Waals surface area contributed by atoms with E-state index in [4.69, 9.17) is 0 Å². The topological polar surface area (TPSA) is 30.2 Å². The Bertz CT molecular complexity index is 683. The highest BCUT2D eigenvalue weighted by molar-refractivity contribution is 5.59. The lowest BCUT2D eigenvalue weighted by molar-refractivity contribution is 0.962. The molecule has 2 aromatic heterocycles. The number of hydrogen-bond donors (Lipinski definition) is 0. The van der Waals surface area contributed by atoms with Gasteiger partial charge in [0.05, 0.1) is 0 Å². The Balaban J connectivity index is 2.18. The maximum absolute atomic E-state index is 4.54. The van der Waals surface area contributed by atoms with Gasteiger partial charge < -0.3 is 0 Å². The molecule has 3 aromatic rings. The second kappa shape index (κ2) is 3.70. The Morgan fingerprint density at radius 2 is 1.82 bits per heavy atom. The minimum Gasteiger partial charge on any atom is -0.221 e. The highest BCUT2D eigenvalue weighted by Crippen LogP contribution is 2.17. The Hall–Kier alpha value is -2.16. The molecule has 0 bridgehead atoms. The first-order valence-electron chi connectivity index (χ1n) is 5.62. The molecule has 84 valence electrons. The largest absolute Gasteiger partial charge is 0.221 e. The van der Waals surface area contributed by atoms with Crippen LogP contribution in [-0.2, 0) is 0 Å². The predicted octanol–water partition coefficient (Wildman–Crippen LogP) is 3.01. The monoisotopic (exact) mass is 223 g/mol. The van der Waals surface area contributed by atoms with Crippen molar-refractivity contribution in [1.29, 1.82) is 0 Å². The summed E-state index contributed by atoms with van der Waals surface area (Å²) in [4.78, 5) is 4.54. The molecule has 0 saturated carbocycles. The van der Waals surface area contributed by atoms with Crippen molar-refractivity contribution in [2.75, 3.05) is 0 Å². The van der Waals surface area contributed by atoms with Gasteiger partial charge in [0, 0.05) is 11.8 Å². The molecule has 0 amide bonds. The maximum Gasteiger partial charge on any atom is 0.182 e. The Morgan fingerprint density at radius 3 is 2.65 bits per heavy atom. The molecule has 17 heavy (non-hydrogen) atoms. The number of nitrogens with zero attached hydrogens (tertiary/aromatic N) is 3. The molecule has 0 atom stereocenters. The fraction of sp³-hybridized carbons (Fsp3) is 0.143. The lowest BCUT2D eigenvalue weighted by atomic mass is 10.1. The first-order chi connectivity index (χ1) is 8.22. The molecular formula is C14H13N3. The molecule has 0 unspecified atom stereocenters. The van der Waals surface area contributed by atoms with E-state index in [2.05, 4.69) is 36.1 Å². The van der Waals surface area contributed by atoms with E-state index in [0.717, 1.165) is 17.0 Å². The Kier molecular flexibility index (Phi) is 2.18. The van der Waals surface area contributed by atoms with Crippen LogP contribution < -0.4 is 0 Å². The average Bonchev–Trinajstić information content (AvgIpc) is 2.72. The van der Waals surface area contributed by atoms with Gasteiger partial charge in [0.1, 0.15) is 0 Å². The standard InChI is InChI=1S/C14H13N3/c1-10-4-3-5-12(8-10)14-15-13-9-11(2)6-7-17(13)16-14/h3-9H,1-2H3. The molecule has 1 aromatic carbocycles. The smallest absolute Gasteiger partial charge is 0.182 e. The number of rotatable bonds is 1. The fourth-order valence-electron chi connectivity index (χ4n) is 1.89. The zero-order chi connectivity index (χ0) is 11.8. The van der Waals surface area contributed by atoms with Gasteiger partial charge >= 0.3 is 0 Å². The summed E-state index contributed by atoms with van der Waals surface area (Å²) in [5, 5.41) is 4.47. The van der Waals surface area contributed by atoms with Crippen LogP contribution in [0.1, 0.15) is 11.1 Å². The molecule has 0 aliphatic carbocycles. The van der Waals surface area contributed by atoms with Gasteiger partial charge in [-0.1, -0.05) is 23.8 Å². The van der Waals surface area contributed by atoms with E-state index in [1.54, 1.807) is 0 Å². The van der Waals surface area contributed by atoms with Crippen LogP contribution in [0.4, 0.5) is 0 Å². The molecule has 3 nitrogen and oxygen atoms in total. The van der Waals surface area contributed by atoms with E-state index in [1.165, 1.54) is 11.1 Å². The highest BCUT2D eigenvalue weighted by Gasteiger charge is 2.05. The van der Waals surface area contributed by atoms with Gasteiger partial charge in [0.25, 0.3) is 0 Å². The van der Waals surface area contributed by atoms with E-state index < -0.39 is 0 Å². The molecule has 0 N–H and O–H groups in total. The predicted molar refractivity (Wildman–Crippen MR) is 67.9 cm³/mol. The van der Waals surface area contributed by atoms with Crippen molar-refractivity contribution >= 4 is 5.65 Å². The lowest BCUT2D eigenvalue weighted by Gasteiger charge is -1.95. The van der Waals surface area contributed by atoms with Gasteiger partial charge in [-0.15, -0.1) is 5.10 Å². The number of hydrogen-bond acceptors (Lipinski definition) is 2. The van der Waals surface area contributed by atoms with Crippen LogP contribution in [0, 0.1) is 13.8 Å². The first-order valence-corrected chi connectivity index (χ1v) is 5.62. The maximum atomic E-state index is 4.54. The number of aryl methyl sites for hydroxylation is 2. The molecule has 0 saturated heterocycles. The highest BCUT2D eigenvalue weighted by atomic mass is 15.3. The molecule has 0 fully saturated rings. The molecule has 3 rings (SSSR count). The third kappa shape index (κ3) is 1.80. The summed E-state index contributed by atoms with van der Waals surface area (Å²) in [6.07, 6.45) is 1.94. The fourth-order valence-corrected chi connectivity index (χ4v) is 1.89. The van der Waals surface area contributed by atoms with Crippen LogP contribution >= 0.6 is 0 Å². The molecular weight excluding hydrogens is 210 g/mol. The molecule has 0 aliphatic rings. The van der Waals surface area contributed by atoms with Gasteiger partial charge in [0.15, 0.2) is 11.5 Å². The third-order valence-electron chi connectivity index (χ3n) is 2.77. The molecule has 3 heteroatoms. The molecule has 2 heterocycles. The lowest BCUT2D eigenvalue weighted by Crippen LogP contribution is -1.86. The van der Waals surface area contributed by atoms with Gasteiger partial charge in [0.2, 0.25) is 0 Å². The minimum atomic E-state index is 0.777. The Labute approximate surface area is 99.7 Å². The second-order valence-corrected chi connectivity index (χ2v) is 4.31. The van der Waals surface area contributed by atoms with Gasteiger partial charge in [-0.2, -0.15) is 0 Å². The van der Waals surface area contributed by atoms with E-state index in [-0.39, 0.29) is 0 Å². The van der Waals surface area contributed by atoms with E-state index in [0.29, 0.717) is 0 Å². The van der Waals surface area contributed by atoms with Crippen LogP contribution in [0.15, 0.2) is 42.6 Å². The number of aromatic nitrogens is 3. The van der Waals surface area contributed by atoms with Gasteiger partial charge in [-0.25, -0.2) is 9.50 Å². The summed E-state index contributed by atoms with van der Waals surface area (Å²) in [5.74, 6) is 0.777. The molecule has 0 spiro atoms. The van der Waals surface area contributed by atoms with Crippen LogP contribution in [0.2, 0.25) is 0 Å². The van der Waals surface area contributed by atoms with Crippen molar-refractivity contribution in [3.05, 3.63) is 53.7 Å². The first kappa shape index (κ1) is 10.0. The summed E-state index contributed by atoms with van der Waals surface area (Å²) in [6.45, 7) is 4.13. The Morgan fingerprint density at radius 1 is 1.00 bits per heavy atom. The number of pyridine rings is 1. The zero-order valence-electron chi connectivity index (χ0n) is 9.88. The minimum absolute atomic E-state index is 0.777. The SMILES string of the molecule is Cc1cccc(-c2nc3cc(C)ccn3n2)c1. The van der Waals surface area contributed by atoms with E-state index in [1.807, 2.05) is 35.0 Å². The molecule has 0 aliphatic heterocycles. The van der Waals surface area contributed by atoms with Crippen LogP contribution in [-0.4, -0.2) is 14.6 Å². The number of fused-ring (bicyclic) bond motifs is 1. The summed E-state index contributed by atoms with van der Waals surface area (Å²) in [7, 11) is 0. The van der Waals surface area contributed by atoms with Crippen LogP contribution in [0.3, 0.4) is 0 Å². The molecule has 0 radical (unpaired) electrons. The summed E-state index contributed by atoms with van der Waals surface area (Å²) in [6, 6.07) is 12.3. The van der Waals surface area contributed by atoms with Crippen molar-refractivity contribution in [1.82, 2.24) is 14.6 Å². The summed E-state index contributed by atoms with van der Waals surface area (Å²) >= 11 is 0. The van der Waals surface area contributed by atoms with Crippen molar-refractivity contribution < 1.29 is 0 Å². The normalized spacial score (nSPS) is 10.9. The van der Waals surface area contributed by atoms with Crippen molar-refractivity contribution in [2.24, 2.45) is 0 Å². The number of benzene rings is 1. The summed E-state index contributed by atoms with van der Waals surface area (Å²) in [5.41, 5.74) is 4.37. The van der Waals surface area contributed by atoms with Crippen LogP contribution in [0.5, 0.6) is 0 Å². The quantitative estimate of drug-likeness (QED) is 0.634. The van der Waals surface area contributed by atoms with Gasteiger partial charge in [-0.05, 0) is 37.6 Å².